The number of aliphatic hydroxyl groups excluding tert-OH is 1. The summed E-state index contributed by atoms with van der Waals surface area (Å²) in [6.45, 7) is 4.22. The Morgan fingerprint density at radius 3 is 2.67 bits per heavy atom. The second-order valence-corrected chi connectivity index (χ2v) is 5.35. The van der Waals surface area contributed by atoms with Crippen molar-refractivity contribution in [3.63, 3.8) is 0 Å². The average molecular weight is 329 g/mol. The summed E-state index contributed by atoms with van der Waals surface area (Å²) in [6.07, 6.45) is 2.31. The van der Waals surface area contributed by atoms with E-state index in [1.54, 1.807) is 42.3 Å². The van der Waals surface area contributed by atoms with Gasteiger partial charge in [0.2, 0.25) is 0 Å². The molecule has 6 heteroatoms. The second-order valence-electron chi connectivity index (χ2n) is 5.35. The lowest BCUT2D eigenvalue weighted by Gasteiger charge is -2.22. The molecule has 0 saturated carbocycles. The Labute approximate surface area is 140 Å². The van der Waals surface area contributed by atoms with Crippen molar-refractivity contribution in [1.29, 1.82) is 0 Å². The van der Waals surface area contributed by atoms with Crippen LogP contribution in [0.1, 0.15) is 22.0 Å². The first kappa shape index (κ1) is 17.6. The van der Waals surface area contributed by atoms with Crippen molar-refractivity contribution in [3.05, 3.63) is 72.2 Å². The predicted molar refractivity (Wildman–Crippen MR) is 91.4 cm³/mol. The van der Waals surface area contributed by atoms with Crippen LogP contribution in [-0.4, -0.2) is 36.1 Å². The zero-order valence-corrected chi connectivity index (χ0v) is 13.4. The highest BCUT2D eigenvalue weighted by Crippen LogP contribution is 2.17. The average Bonchev–Trinajstić information content (AvgIpc) is 2.60. The van der Waals surface area contributed by atoms with Crippen molar-refractivity contribution >= 4 is 11.7 Å². The minimum absolute atomic E-state index is 0.219. The molecular formula is C18H20FN3O2. The van der Waals surface area contributed by atoms with Crippen molar-refractivity contribution in [3.8, 4) is 0 Å². The Kier molecular flexibility index (Phi) is 6.03. The Hall–Kier alpha value is -2.73. The summed E-state index contributed by atoms with van der Waals surface area (Å²) < 4.78 is 12.9. The van der Waals surface area contributed by atoms with Crippen LogP contribution in [0, 0.1) is 5.82 Å². The van der Waals surface area contributed by atoms with E-state index in [2.05, 4.69) is 16.9 Å². The maximum Gasteiger partial charge on any atom is 0.253 e. The van der Waals surface area contributed by atoms with Gasteiger partial charge in [0.05, 0.1) is 11.7 Å². The molecule has 1 aromatic heterocycles. The van der Waals surface area contributed by atoms with Gasteiger partial charge in [0.25, 0.3) is 5.91 Å². The van der Waals surface area contributed by atoms with Gasteiger partial charge < -0.3 is 15.3 Å². The van der Waals surface area contributed by atoms with Crippen molar-refractivity contribution in [1.82, 2.24) is 10.3 Å². The summed E-state index contributed by atoms with van der Waals surface area (Å²) >= 11 is 0. The van der Waals surface area contributed by atoms with Gasteiger partial charge in [0, 0.05) is 26.3 Å². The maximum absolute atomic E-state index is 12.9. The number of nitrogens with zero attached hydrogens (tertiary/aromatic N) is 2. The molecule has 0 aliphatic heterocycles. The number of anilines is 1. The number of halogens is 1. The lowest BCUT2D eigenvalue weighted by Crippen LogP contribution is -2.26. The van der Waals surface area contributed by atoms with Crippen LogP contribution in [0.15, 0.2) is 55.3 Å². The van der Waals surface area contributed by atoms with Gasteiger partial charge in [-0.05, 0) is 29.8 Å². The standard InChI is InChI=1S/C18H20FN3O2/c1-3-10-20-18(24)14-6-9-17(21-11-14)22(2)12-16(23)13-4-7-15(19)8-5-13/h3-9,11,16,23H,1,10,12H2,2H3,(H,20,24)/t16-/m0/s1. The Morgan fingerprint density at radius 2 is 2.08 bits per heavy atom. The van der Waals surface area contributed by atoms with Crippen LogP contribution in [0.2, 0.25) is 0 Å². The van der Waals surface area contributed by atoms with Crippen molar-refractivity contribution in [2.24, 2.45) is 0 Å². The van der Waals surface area contributed by atoms with E-state index < -0.39 is 6.10 Å². The van der Waals surface area contributed by atoms with Gasteiger partial charge in [-0.15, -0.1) is 6.58 Å². The van der Waals surface area contributed by atoms with Gasteiger partial charge in [0.1, 0.15) is 11.6 Å². The van der Waals surface area contributed by atoms with E-state index in [0.29, 0.717) is 30.0 Å². The number of hydrogen-bond donors (Lipinski definition) is 2. The zero-order chi connectivity index (χ0) is 17.5. The number of amides is 1. The van der Waals surface area contributed by atoms with E-state index >= 15 is 0 Å². The number of pyridine rings is 1. The van der Waals surface area contributed by atoms with Crippen molar-refractivity contribution < 1.29 is 14.3 Å². The van der Waals surface area contributed by atoms with Crippen LogP contribution in [0.5, 0.6) is 0 Å². The summed E-state index contributed by atoms with van der Waals surface area (Å²) in [4.78, 5) is 17.8. The lowest BCUT2D eigenvalue weighted by atomic mass is 10.1. The molecule has 1 aromatic carbocycles. The lowest BCUT2D eigenvalue weighted by molar-refractivity contribution is 0.0957. The first-order chi connectivity index (χ1) is 11.5. The molecule has 0 bridgehead atoms. The SMILES string of the molecule is C=CCNC(=O)c1ccc(N(C)C[C@H](O)c2ccc(F)cc2)nc1. The van der Waals surface area contributed by atoms with Gasteiger partial charge in [0.15, 0.2) is 0 Å². The van der Waals surface area contributed by atoms with Crippen LogP contribution in [0.3, 0.4) is 0 Å². The van der Waals surface area contributed by atoms with Gasteiger partial charge in [-0.2, -0.15) is 0 Å². The topological polar surface area (TPSA) is 65.5 Å². The molecular weight excluding hydrogens is 309 g/mol. The van der Waals surface area contributed by atoms with E-state index in [0.717, 1.165) is 0 Å². The number of benzene rings is 1. The van der Waals surface area contributed by atoms with E-state index in [1.165, 1.54) is 18.3 Å². The van der Waals surface area contributed by atoms with Crippen LogP contribution in [0.25, 0.3) is 0 Å². The zero-order valence-electron chi connectivity index (χ0n) is 13.4. The molecule has 126 valence electrons. The molecule has 0 saturated heterocycles. The first-order valence-electron chi connectivity index (χ1n) is 7.51. The molecule has 1 heterocycles. The third kappa shape index (κ3) is 4.63. The molecule has 1 atom stereocenters. The fourth-order valence-corrected chi connectivity index (χ4v) is 2.16. The van der Waals surface area contributed by atoms with Crippen LogP contribution in [0.4, 0.5) is 10.2 Å². The number of nitrogens with one attached hydrogen (secondary N) is 1. The number of likely N-dealkylation sites (N-methyl/N-ethyl adjacent to an activating group) is 1. The van der Waals surface area contributed by atoms with Crippen LogP contribution in [-0.2, 0) is 0 Å². The fourth-order valence-electron chi connectivity index (χ4n) is 2.16. The van der Waals surface area contributed by atoms with Gasteiger partial charge in [-0.3, -0.25) is 4.79 Å². The van der Waals surface area contributed by atoms with E-state index in [9.17, 15) is 14.3 Å². The van der Waals surface area contributed by atoms with E-state index in [-0.39, 0.29) is 11.7 Å². The number of aromatic nitrogens is 1. The maximum atomic E-state index is 12.9. The largest absolute Gasteiger partial charge is 0.387 e. The highest BCUT2D eigenvalue weighted by Gasteiger charge is 2.13. The Morgan fingerprint density at radius 1 is 1.38 bits per heavy atom. The molecule has 1 amide bonds. The summed E-state index contributed by atoms with van der Waals surface area (Å²) in [5, 5.41) is 12.9. The predicted octanol–water partition coefficient (Wildman–Crippen LogP) is 2.31. The van der Waals surface area contributed by atoms with Crippen LogP contribution >= 0.6 is 0 Å². The molecule has 0 fully saturated rings. The number of hydrogen-bond acceptors (Lipinski definition) is 4. The number of aliphatic hydroxyl groups is 1. The van der Waals surface area contributed by atoms with Crippen molar-refractivity contribution in [2.45, 2.75) is 6.10 Å². The molecule has 2 aromatic rings. The summed E-state index contributed by atoms with van der Waals surface area (Å²) in [5.41, 5.74) is 1.08. The summed E-state index contributed by atoms with van der Waals surface area (Å²) in [7, 11) is 1.78. The smallest absolute Gasteiger partial charge is 0.253 e. The fraction of sp³-hybridized carbons (Fsp3) is 0.222. The molecule has 24 heavy (non-hydrogen) atoms. The molecule has 0 unspecified atom stereocenters. The molecule has 5 nitrogen and oxygen atoms in total. The van der Waals surface area contributed by atoms with E-state index in [4.69, 9.17) is 0 Å². The quantitative estimate of drug-likeness (QED) is 0.765. The third-order valence-electron chi connectivity index (χ3n) is 3.51. The first-order valence-corrected chi connectivity index (χ1v) is 7.51. The third-order valence-corrected chi connectivity index (χ3v) is 3.51. The van der Waals surface area contributed by atoms with Gasteiger partial charge in [-0.25, -0.2) is 9.37 Å². The summed E-state index contributed by atoms with van der Waals surface area (Å²) in [6, 6.07) is 9.10. The van der Waals surface area contributed by atoms with E-state index in [1.807, 2.05) is 0 Å². The molecule has 0 aliphatic rings. The molecule has 0 spiro atoms. The highest BCUT2D eigenvalue weighted by atomic mass is 19.1. The van der Waals surface area contributed by atoms with Crippen molar-refractivity contribution in [2.75, 3.05) is 25.0 Å². The number of carbonyl (C=O) groups is 1. The minimum atomic E-state index is -0.770. The second kappa shape index (κ2) is 8.21. The molecule has 2 rings (SSSR count). The molecule has 2 N–H and O–H groups in total. The monoisotopic (exact) mass is 329 g/mol. The molecule has 0 aliphatic carbocycles. The Bertz CT molecular complexity index is 686. The van der Waals surface area contributed by atoms with Gasteiger partial charge >= 0.3 is 0 Å². The van der Waals surface area contributed by atoms with Gasteiger partial charge in [-0.1, -0.05) is 18.2 Å². The summed E-state index contributed by atoms with van der Waals surface area (Å²) in [5.74, 6) is 0.0608. The minimum Gasteiger partial charge on any atom is -0.387 e. The Balaban J connectivity index is 1.99. The normalized spacial score (nSPS) is 11.6. The van der Waals surface area contributed by atoms with Crippen LogP contribution < -0.4 is 10.2 Å². The number of rotatable bonds is 7. The molecule has 0 radical (unpaired) electrons. The highest BCUT2D eigenvalue weighted by molar-refractivity contribution is 5.94. The number of carbonyl (C=O) groups excluding carboxylic acids is 1.